The van der Waals surface area contributed by atoms with Gasteiger partial charge >= 0.3 is 0 Å². The van der Waals surface area contributed by atoms with Gasteiger partial charge in [0.1, 0.15) is 5.75 Å². The van der Waals surface area contributed by atoms with Crippen LogP contribution in [-0.2, 0) is 0 Å². The van der Waals surface area contributed by atoms with Crippen LogP contribution in [0.3, 0.4) is 0 Å². The zero-order valence-electron chi connectivity index (χ0n) is 17.6. The molecule has 4 rings (SSSR count). The first-order valence-electron chi connectivity index (χ1n) is 10.4. The summed E-state index contributed by atoms with van der Waals surface area (Å²) in [5, 5.41) is 15.3. The number of hydrogen-bond acceptors (Lipinski definition) is 7. The third-order valence-electron chi connectivity index (χ3n) is 4.94. The lowest BCUT2D eigenvalue weighted by atomic mass is 10.2. The van der Waals surface area contributed by atoms with Crippen LogP contribution in [0, 0.1) is 10.1 Å². The maximum atomic E-state index is 12.7. The van der Waals surface area contributed by atoms with E-state index in [4.69, 9.17) is 4.74 Å². The van der Waals surface area contributed by atoms with Gasteiger partial charge in [-0.25, -0.2) is 0 Å². The third-order valence-corrected chi connectivity index (χ3v) is 5.90. The van der Waals surface area contributed by atoms with Crippen LogP contribution in [0.2, 0.25) is 0 Å². The van der Waals surface area contributed by atoms with Gasteiger partial charge in [0.05, 0.1) is 16.1 Å². The highest BCUT2D eigenvalue weighted by Crippen LogP contribution is 2.21. The van der Waals surface area contributed by atoms with Gasteiger partial charge in [0.25, 0.3) is 11.2 Å². The molecule has 8 nitrogen and oxygen atoms in total. The molecular weight excluding hydrogens is 428 g/mol. The molecule has 9 heteroatoms. The lowest BCUT2D eigenvalue weighted by Crippen LogP contribution is -2.23. The summed E-state index contributed by atoms with van der Waals surface area (Å²) in [5.41, 5.74) is 1.04. The van der Waals surface area contributed by atoms with Crippen LogP contribution >= 0.6 is 11.3 Å². The summed E-state index contributed by atoms with van der Waals surface area (Å²) < 4.78 is 7.44. The molecule has 2 aromatic heterocycles. The van der Waals surface area contributed by atoms with E-state index in [1.807, 2.05) is 24.3 Å². The quantitative estimate of drug-likeness (QED) is 0.215. The molecule has 0 N–H and O–H groups in total. The van der Waals surface area contributed by atoms with Crippen LogP contribution in [-0.4, -0.2) is 26.1 Å². The molecule has 164 valence electrons. The largest absolute Gasteiger partial charge is 0.494 e. The second kappa shape index (κ2) is 9.69. The number of nitrogens with zero attached hydrogens (tertiary/aromatic N) is 4. The standard InChI is InChI=1S/C23H22N4O4S/c1-2-3-4-5-13-31-19-11-9-17(10-12-19)21-24-23-26(25-21)22(28)20(32-23)15-16-7-6-8-18(14-16)27(29)30/h6-12,14-15H,2-5,13H2,1H3/b20-15-. The number of rotatable bonds is 9. The lowest BCUT2D eigenvalue weighted by Gasteiger charge is -2.06. The molecule has 0 fully saturated rings. The Kier molecular flexibility index (Phi) is 6.55. The van der Waals surface area contributed by atoms with Crippen molar-refractivity contribution in [1.82, 2.24) is 14.6 Å². The molecule has 0 spiro atoms. The Bertz CT molecular complexity index is 1340. The first kappa shape index (κ1) is 21.6. The van der Waals surface area contributed by atoms with Crippen LogP contribution in [0.15, 0.2) is 53.3 Å². The van der Waals surface area contributed by atoms with E-state index in [9.17, 15) is 14.9 Å². The monoisotopic (exact) mass is 450 g/mol. The second-order valence-electron chi connectivity index (χ2n) is 7.33. The van der Waals surface area contributed by atoms with Gasteiger partial charge in [0.15, 0.2) is 5.82 Å². The van der Waals surface area contributed by atoms with Gasteiger partial charge in [0.2, 0.25) is 4.96 Å². The van der Waals surface area contributed by atoms with Gasteiger partial charge in [-0.1, -0.05) is 49.7 Å². The summed E-state index contributed by atoms with van der Waals surface area (Å²) in [6.45, 7) is 2.88. The second-order valence-corrected chi connectivity index (χ2v) is 8.34. The molecule has 0 unspecified atom stereocenters. The number of aromatic nitrogens is 3. The zero-order chi connectivity index (χ0) is 22.5. The van der Waals surface area contributed by atoms with Crippen molar-refractivity contribution in [3.63, 3.8) is 0 Å². The molecule has 32 heavy (non-hydrogen) atoms. The number of ether oxygens (including phenoxy) is 1. The number of nitro benzene ring substituents is 1. The molecule has 0 aliphatic rings. The van der Waals surface area contributed by atoms with E-state index in [1.54, 1.807) is 18.2 Å². The molecule has 0 saturated heterocycles. The topological polar surface area (TPSA) is 99.6 Å². The maximum absolute atomic E-state index is 12.7. The molecule has 4 aromatic rings. The Balaban J connectivity index is 1.52. The summed E-state index contributed by atoms with van der Waals surface area (Å²) in [6, 6.07) is 13.6. The van der Waals surface area contributed by atoms with E-state index >= 15 is 0 Å². The third kappa shape index (κ3) is 4.83. The summed E-state index contributed by atoms with van der Waals surface area (Å²) in [7, 11) is 0. The molecule has 0 aliphatic heterocycles. The molecule has 0 saturated carbocycles. The van der Waals surface area contributed by atoms with Gasteiger partial charge in [-0.2, -0.15) is 9.50 Å². The fourth-order valence-corrected chi connectivity index (χ4v) is 4.16. The molecule has 2 aromatic carbocycles. The number of thiazole rings is 1. The van der Waals surface area contributed by atoms with Gasteiger partial charge in [-0.3, -0.25) is 14.9 Å². The molecule has 0 atom stereocenters. The lowest BCUT2D eigenvalue weighted by molar-refractivity contribution is -0.384. The van der Waals surface area contributed by atoms with Crippen LogP contribution in [0.25, 0.3) is 22.4 Å². The van der Waals surface area contributed by atoms with Gasteiger partial charge in [-0.05, 0) is 42.3 Å². The summed E-state index contributed by atoms with van der Waals surface area (Å²) in [6.07, 6.45) is 6.24. The minimum Gasteiger partial charge on any atom is -0.494 e. The highest BCUT2D eigenvalue weighted by Gasteiger charge is 2.12. The zero-order valence-corrected chi connectivity index (χ0v) is 18.4. The van der Waals surface area contributed by atoms with E-state index in [-0.39, 0.29) is 11.2 Å². The summed E-state index contributed by atoms with van der Waals surface area (Å²) >= 11 is 1.20. The van der Waals surface area contributed by atoms with E-state index in [0.717, 1.165) is 17.7 Å². The smallest absolute Gasteiger partial charge is 0.291 e. The van der Waals surface area contributed by atoms with Crippen LogP contribution in [0.4, 0.5) is 5.69 Å². The van der Waals surface area contributed by atoms with Crippen molar-refractivity contribution < 1.29 is 9.66 Å². The molecule has 0 amide bonds. The van der Waals surface area contributed by atoms with Crippen molar-refractivity contribution in [2.24, 2.45) is 0 Å². The number of hydrogen-bond donors (Lipinski definition) is 0. The number of unbranched alkanes of at least 4 members (excludes halogenated alkanes) is 3. The minimum absolute atomic E-state index is 0.0265. The maximum Gasteiger partial charge on any atom is 0.291 e. The molecular formula is C23H22N4O4S. The van der Waals surface area contributed by atoms with Crippen molar-refractivity contribution in [3.05, 3.63) is 79.1 Å². The van der Waals surface area contributed by atoms with Crippen LogP contribution in [0.1, 0.15) is 38.2 Å². The van der Waals surface area contributed by atoms with Gasteiger partial charge in [0, 0.05) is 17.7 Å². The Morgan fingerprint density at radius 1 is 1.16 bits per heavy atom. The van der Waals surface area contributed by atoms with E-state index in [1.165, 1.54) is 47.2 Å². The van der Waals surface area contributed by atoms with Crippen molar-refractivity contribution in [1.29, 1.82) is 0 Å². The minimum atomic E-state index is -0.465. The predicted octanol–water partition coefficient (Wildman–Crippen LogP) is 4.23. The normalized spacial score (nSPS) is 11.8. The Morgan fingerprint density at radius 3 is 2.69 bits per heavy atom. The summed E-state index contributed by atoms with van der Waals surface area (Å²) in [4.78, 5) is 28.2. The summed E-state index contributed by atoms with van der Waals surface area (Å²) in [5.74, 6) is 1.26. The Hall–Kier alpha value is -3.59. The van der Waals surface area contributed by atoms with E-state index in [2.05, 4.69) is 17.0 Å². The Morgan fingerprint density at radius 2 is 1.97 bits per heavy atom. The molecule has 0 radical (unpaired) electrons. The number of non-ortho nitro benzene ring substituents is 1. The fraction of sp³-hybridized carbons (Fsp3) is 0.261. The van der Waals surface area contributed by atoms with Crippen molar-refractivity contribution in [2.75, 3.05) is 6.61 Å². The number of benzene rings is 2. The Labute approximate surface area is 188 Å². The SMILES string of the molecule is CCCCCCOc1ccc(-c2nc3s/c(=C\c4cccc([N+](=O)[O-])c4)c(=O)n3n2)cc1. The van der Waals surface area contributed by atoms with Crippen LogP contribution < -0.4 is 14.8 Å². The molecule has 0 aliphatic carbocycles. The van der Waals surface area contributed by atoms with Crippen molar-refractivity contribution >= 4 is 28.1 Å². The van der Waals surface area contributed by atoms with E-state index < -0.39 is 4.92 Å². The highest BCUT2D eigenvalue weighted by atomic mass is 32.1. The average Bonchev–Trinajstić information content (AvgIpc) is 3.34. The van der Waals surface area contributed by atoms with Crippen molar-refractivity contribution in [3.8, 4) is 17.1 Å². The first-order valence-corrected chi connectivity index (χ1v) is 11.3. The number of fused-ring (bicyclic) bond motifs is 1. The predicted molar refractivity (Wildman–Crippen MR) is 124 cm³/mol. The van der Waals surface area contributed by atoms with Crippen molar-refractivity contribution in [2.45, 2.75) is 32.6 Å². The highest BCUT2D eigenvalue weighted by molar-refractivity contribution is 7.15. The molecule has 2 heterocycles. The van der Waals surface area contributed by atoms with Crippen LogP contribution in [0.5, 0.6) is 5.75 Å². The fourth-order valence-electron chi connectivity index (χ4n) is 3.25. The van der Waals surface area contributed by atoms with Gasteiger partial charge in [-0.15, -0.1) is 5.10 Å². The molecule has 0 bridgehead atoms. The average molecular weight is 451 g/mol. The van der Waals surface area contributed by atoms with Gasteiger partial charge < -0.3 is 4.74 Å². The number of nitro groups is 1. The van der Waals surface area contributed by atoms with E-state index in [0.29, 0.717) is 27.5 Å². The first-order chi connectivity index (χ1) is 15.5.